The van der Waals surface area contributed by atoms with Crippen LogP contribution in [0.15, 0.2) is 24.7 Å². The van der Waals surface area contributed by atoms with Gasteiger partial charge in [0.1, 0.15) is 11.5 Å². The molecule has 70 valence electrons. The highest BCUT2D eigenvalue weighted by atomic mass is 14.9. The van der Waals surface area contributed by atoms with Crippen molar-refractivity contribution in [2.24, 2.45) is 0 Å². The third kappa shape index (κ3) is 1.52. The Bertz CT molecular complexity index is 454. The molecular formula is C9H9N5. The predicted octanol–water partition coefficient (Wildman–Crippen LogP) is 0.824. The van der Waals surface area contributed by atoms with Crippen LogP contribution in [0.25, 0.3) is 11.4 Å². The summed E-state index contributed by atoms with van der Waals surface area (Å²) >= 11 is 0. The van der Waals surface area contributed by atoms with Crippen molar-refractivity contribution in [2.75, 3.05) is 5.73 Å². The summed E-state index contributed by atoms with van der Waals surface area (Å²) in [6.07, 6.45) is 4.81. The molecule has 0 radical (unpaired) electrons. The van der Waals surface area contributed by atoms with Gasteiger partial charge in [0.15, 0.2) is 5.82 Å². The van der Waals surface area contributed by atoms with Crippen LogP contribution in [0, 0.1) is 6.92 Å². The van der Waals surface area contributed by atoms with Gasteiger partial charge in [-0.05, 0) is 13.0 Å². The first-order chi connectivity index (χ1) is 6.77. The normalized spacial score (nSPS) is 10.1. The monoisotopic (exact) mass is 187 g/mol. The van der Waals surface area contributed by atoms with Crippen LogP contribution in [0.5, 0.6) is 0 Å². The molecule has 0 aliphatic heterocycles. The van der Waals surface area contributed by atoms with Crippen LogP contribution in [0.1, 0.15) is 5.82 Å². The largest absolute Gasteiger partial charge is 0.382 e. The molecule has 0 spiro atoms. The molecule has 0 unspecified atom stereocenters. The van der Waals surface area contributed by atoms with Gasteiger partial charge in [-0.2, -0.15) is 0 Å². The van der Waals surface area contributed by atoms with Gasteiger partial charge in [0, 0.05) is 18.6 Å². The summed E-state index contributed by atoms with van der Waals surface area (Å²) in [4.78, 5) is 16.3. The summed E-state index contributed by atoms with van der Waals surface area (Å²) < 4.78 is 0. The fraction of sp³-hybridized carbons (Fsp3) is 0.111. The number of hydrogen-bond donors (Lipinski definition) is 1. The summed E-state index contributed by atoms with van der Waals surface area (Å²) in [6.45, 7) is 1.82. The molecule has 0 aliphatic carbocycles. The summed E-state index contributed by atoms with van der Waals surface area (Å²) in [5, 5.41) is 0. The number of aromatic nitrogens is 4. The number of aryl methyl sites for hydroxylation is 1. The zero-order valence-corrected chi connectivity index (χ0v) is 7.68. The maximum Gasteiger partial charge on any atom is 0.151 e. The third-order valence-corrected chi connectivity index (χ3v) is 1.75. The second-order valence-corrected chi connectivity index (χ2v) is 2.78. The topological polar surface area (TPSA) is 77.6 Å². The molecule has 14 heavy (non-hydrogen) atoms. The molecule has 2 heterocycles. The third-order valence-electron chi connectivity index (χ3n) is 1.75. The lowest BCUT2D eigenvalue weighted by atomic mass is 10.3. The van der Waals surface area contributed by atoms with Crippen LogP contribution in [0.3, 0.4) is 0 Å². The number of anilines is 1. The van der Waals surface area contributed by atoms with E-state index in [2.05, 4.69) is 19.9 Å². The number of nitrogens with two attached hydrogens (primary N) is 1. The van der Waals surface area contributed by atoms with Gasteiger partial charge in [-0.1, -0.05) is 0 Å². The highest BCUT2D eigenvalue weighted by Crippen LogP contribution is 2.17. The van der Waals surface area contributed by atoms with Gasteiger partial charge in [0.25, 0.3) is 0 Å². The van der Waals surface area contributed by atoms with Gasteiger partial charge in [0.2, 0.25) is 0 Å². The Morgan fingerprint density at radius 3 is 2.57 bits per heavy atom. The SMILES string of the molecule is Cc1nccc(-c2nccnc2N)n1. The van der Waals surface area contributed by atoms with Crippen LogP contribution in [0.2, 0.25) is 0 Å². The van der Waals surface area contributed by atoms with E-state index in [1.54, 1.807) is 24.7 Å². The molecule has 0 atom stereocenters. The first-order valence-electron chi connectivity index (χ1n) is 4.14. The molecule has 0 amide bonds. The van der Waals surface area contributed by atoms with Crippen LogP contribution >= 0.6 is 0 Å². The second kappa shape index (κ2) is 3.37. The summed E-state index contributed by atoms with van der Waals surface area (Å²) in [5.41, 5.74) is 6.96. The van der Waals surface area contributed by atoms with Gasteiger partial charge < -0.3 is 5.73 Å². The number of nitrogen functional groups attached to an aromatic ring is 1. The smallest absolute Gasteiger partial charge is 0.151 e. The minimum Gasteiger partial charge on any atom is -0.382 e. The van der Waals surface area contributed by atoms with E-state index >= 15 is 0 Å². The van der Waals surface area contributed by atoms with E-state index in [9.17, 15) is 0 Å². The second-order valence-electron chi connectivity index (χ2n) is 2.78. The number of nitrogens with zero attached hydrogens (tertiary/aromatic N) is 4. The maximum atomic E-state index is 5.67. The van der Waals surface area contributed by atoms with E-state index in [-0.39, 0.29) is 0 Å². The van der Waals surface area contributed by atoms with Crippen LogP contribution < -0.4 is 5.73 Å². The lowest BCUT2D eigenvalue weighted by molar-refractivity contribution is 1.05. The Kier molecular flexibility index (Phi) is 2.06. The molecule has 0 aromatic carbocycles. The Morgan fingerprint density at radius 1 is 1.07 bits per heavy atom. The maximum absolute atomic E-state index is 5.67. The molecule has 0 aliphatic rings. The quantitative estimate of drug-likeness (QED) is 0.715. The Hall–Kier alpha value is -2.04. The van der Waals surface area contributed by atoms with Crippen molar-refractivity contribution in [1.82, 2.24) is 19.9 Å². The lowest BCUT2D eigenvalue weighted by Gasteiger charge is -2.01. The van der Waals surface area contributed by atoms with Crippen LogP contribution in [0.4, 0.5) is 5.82 Å². The summed E-state index contributed by atoms with van der Waals surface area (Å²) in [5.74, 6) is 1.07. The molecule has 5 nitrogen and oxygen atoms in total. The molecular weight excluding hydrogens is 178 g/mol. The first-order valence-corrected chi connectivity index (χ1v) is 4.14. The van der Waals surface area contributed by atoms with E-state index in [1.165, 1.54) is 0 Å². The summed E-state index contributed by atoms with van der Waals surface area (Å²) in [6, 6.07) is 1.76. The fourth-order valence-electron chi connectivity index (χ4n) is 1.13. The molecule has 0 saturated heterocycles. The molecule has 0 saturated carbocycles. The Labute approximate surface area is 81.1 Å². The molecule has 2 aromatic heterocycles. The van der Waals surface area contributed by atoms with Crippen LogP contribution in [-0.2, 0) is 0 Å². The minimum atomic E-state index is 0.380. The van der Waals surface area contributed by atoms with Crippen molar-refractivity contribution in [3.63, 3.8) is 0 Å². The molecule has 5 heteroatoms. The average Bonchev–Trinajstić information content (AvgIpc) is 2.18. The Balaban J connectivity index is 2.55. The van der Waals surface area contributed by atoms with Crippen molar-refractivity contribution in [2.45, 2.75) is 6.92 Å². The van der Waals surface area contributed by atoms with Gasteiger partial charge in [-0.25, -0.2) is 19.9 Å². The minimum absolute atomic E-state index is 0.380. The highest BCUT2D eigenvalue weighted by Gasteiger charge is 2.05. The molecule has 0 fully saturated rings. The Morgan fingerprint density at radius 2 is 1.86 bits per heavy atom. The van der Waals surface area contributed by atoms with Gasteiger partial charge in [0.05, 0.1) is 5.69 Å². The molecule has 2 aromatic rings. The fourth-order valence-corrected chi connectivity index (χ4v) is 1.13. The van der Waals surface area contributed by atoms with Crippen molar-refractivity contribution in [3.05, 3.63) is 30.5 Å². The predicted molar refractivity (Wildman–Crippen MR) is 52.2 cm³/mol. The van der Waals surface area contributed by atoms with Crippen molar-refractivity contribution in [1.29, 1.82) is 0 Å². The first kappa shape index (κ1) is 8.55. The zero-order valence-electron chi connectivity index (χ0n) is 7.68. The van der Waals surface area contributed by atoms with E-state index < -0.39 is 0 Å². The number of rotatable bonds is 1. The van der Waals surface area contributed by atoms with E-state index in [0.29, 0.717) is 23.0 Å². The van der Waals surface area contributed by atoms with Crippen molar-refractivity contribution in [3.8, 4) is 11.4 Å². The molecule has 2 N–H and O–H groups in total. The molecule has 0 bridgehead atoms. The number of hydrogen-bond acceptors (Lipinski definition) is 5. The van der Waals surface area contributed by atoms with E-state index in [4.69, 9.17) is 5.73 Å². The van der Waals surface area contributed by atoms with Crippen LogP contribution in [-0.4, -0.2) is 19.9 Å². The highest BCUT2D eigenvalue weighted by molar-refractivity contribution is 5.65. The standard InChI is InChI=1S/C9H9N5/c1-6-11-3-2-7(14-6)8-9(10)13-5-4-12-8/h2-5H,1H3,(H2,10,13). The van der Waals surface area contributed by atoms with E-state index in [1.807, 2.05) is 6.92 Å². The van der Waals surface area contributed by atoms with E-state index in [0.717, 1.165) is 0 Å². The molecule has 2 rings (SSSR count). The summed E-state index contributed by atoms with van der Waals surface area (Å²) in [7, 11) is 0. The van der Waals surface area contributed by atoms with Gasteiger partial charge >= 0.3 is 0 Å². The van der Waals surface area contributed by atoms with Crippen molar-refractivity contribution >= 4 is 5.82 Å². The average molecular weight is 187 g/mol. The van der Waals surface area contributed by atoms with Gasteiger partial charge in [-0.15, -0.1) is 0 Å². The van der Waals surface area contributed by atoms with Gasteiger partial charge in [-0.3, -0.25) is 0 Å². The van der Waals surface area contributed by atoms with Crippen molar-refractivity contribution < 1.29 is 0 Å². The zero-order chi connectivity index (χ0) is 9.97. The lowest BCUT2D eigenvalue weighted by Crippen LogP contribution is -1.98.